The van der Waals surface area contributed by atoms with Crippen LogP contribution < -0.4 is 5.32 Å². The van der Waals surface area contributed by atoms with Gasteiger partial charge in [0.25, 0.3) is 0 Å². The molecule has 0 radical (unpaired) electrons. The van der Waals surface area contributed by atoms with E-state index < -0.39 is 0 Å². The molecule has 20 heavy (non-hydrogen) atoms. The van der Waals surface area contributed by atoms with E-state index in [0.717, 1.165) is 12.4 Å². The second-order valence-electron chi connectivity index (χ2n) is 5.92. The van der Waals surface area contributed by atoms with Gasteiger partial charge in [-0.05, 0) is 44.7 Å². The molecular weight excluding hydrogens is 248 g/mol. The van der Waals surface area contributed by atoms with Crippen LogP contribution in [0.5, 0.6) is 0 Å². The molecule has 0 saturated carbocycles. The molecule has 4 nitrogen and oxygen atoms in total. The van der Waals surface area contributed by atoms with Gasteiger partial charge in [0, 0.05) is 12.1 Å². The number of nitrogens with one attached hydrogen (secondary N) is 1. The smallest absolute Gasteiger partial charge is 0.147 e. The quantitative estimate of drug-likeness (QED) is 0.929. The summed E-state index contributed by atoms with van der Waals surface area (Å²) in [4.78, 5) is 0. The summed E-state index contributed by atoms with van der Waals surface area (Å²) in [6.07, 6.45) is 4.16. The summed E-state index contributed by atoms with van der Waals surface area (Å²) in [5.74, 6) is 1.01. The monoisotopic (exact) mass is 270 g/mol. The molecule has 1 aromatic carbocycles. The van der Waals surface area contributed by atoms with Gasteiger partial charge in [0.1, 0.15) is 12.2 Å². The molecular formula is C16H22N4. The van der Waals surface area contributed by atoms with Crippen molar-refractivity contribution in [2.24, 2.45) is 0 Å². The molecule has 1 aliphatic rings. The highest BCUT2D eigenvalue weighted by atomic mass is 15.3. The van der Waals surface area contributed by atoms with E-state index in [-0.39, 0.29) is 0 Å². The molecule has 0 amide bonds. The van der Waals surface area contributed by atoms with Gasteiger partial charge in [0.2, 0.25) is 0 Å². The predicted molar refractivity (Wildman–Crippen MR) is 79.5 cm³/mol. The Hall–Kier alpha value is -1.68. The summed E-state index contributed by atoms with van der Waals surface area (Å²) in [7, 11) is 0. The number of hydrogen-bond donors (Lipinski definition) is 1. The van der Waals surface area contributed by atoms with Crippen molar-refractivity contribution in [3.8, 4) is 0 Å². The van der Waals surface area contributed by atoms with Gasteiger partial charge in [-0.3, -0.25) is 0 Å². The molecule has 1 aromatic heterocycles. The molecule has 0 saturated heterocycles. The van der Waals surface area contributed by atoms with Gasteiger partial charge in [0.15, 0.2) is 0 Å². The second-order valence-corrected chi connectivity index (χ2v) is 5.92. The van der Waals surface area contributed by atoms with Crippen LogP contribution in [-0.2, 0) is 13.0 Å². The van der Waals surface area contributed by atoms with Crippen molar-refractivity contribution >= 4 is 0 Å². The van der Waals surface area contributed by atoms with Crippen molar-refractivity contribution in [1.82, 2.24) is 20.1 Å². The number of aryl methyl sites for hydroxylation is 2. The van der Waals surface area contributed by atoms with Crippen LogP contribution in [0.25, 0.3) is 0 Å². The molecule has 4 heteroatoms. The van der Waals surface area contributed by atoms with Crippen LogP contribution in [0.1, 0.15) is 54.9 Å². The third kappa shape index (κ3) is 2.48. The van der Waals surface area contributed by atoms with Gasteiger partial charge < -0.3 is 9.88 Å². The Bertz CT molecular complexity index is 600. The topological polar surface area (TPSA) is 42.7 Å². The minimum atomic E-state index is 0.403. The van der Waals surface area contributed by atoms with Crippen LogP contribution in [0, 0.1) is 6.92 Å². The largest absolute Gasteiger partial charge is 0.314 e. The van der Waals surface area contributed by atoms with E-state index in [1.807, 2.05) is 6.33 Å². The van der Waals surface area contributed by atoms with E-state index in [9.17, 15) is 0 Å². The molecule has 1 atom stereocenters. The molecule has 1 heterocycles. The van der Waals surface area contributed by atoms with Crippen LogP contribution in [0.2, 0.25) is 0 Å². The fourth-order valence-corrected chi connectivity index (χ4v) is 2.97. The van der Waals surface area contributed by atoms with Crippen molar-refractivity contribution in [3.05, 3.63) is 47.0 Å². The van der Waals surface area contributed by atoms with Crippen molar-refractivity contribution in [1.29, 1.82) is 0 Å². The molecule has 1 aliphatic carbocycles. The normalized spacial score (nSPS) is 17.7. The molecule has 106 valence electrons. The van der Waals surface area contributed by atoms with E-state index in [1.54, 1.807) is 0 Å². The Morgan fingerprint density at radius 3 is 3.05 bits per heavy atom. The highest BCUT2D eigenvalue weighted by Crippen LogP contribution is 2.31. The van der Waals surface area contributed by atoms with Gasteiger partial charge in [-0.1, -0.05) is 23.8 Å². The highest BCUT2D eigenvalue weighted by Gasteiger charge is 2.22. The molecule has 1 N–H and O–H groups in total. The SMILES string of the molecule is Cc1ccc2c(c1)C(NCc1nncn1C(C)C)CC2. The summed E-state index contributed by atoms with van der Waals surface area (Å²) in [5, 5.41) is 11.9. The van der Waals surface area contributed by atoms with Gasteiger partial charge in [0.05, 0.1) is 6.54 Å². The standard InChI is InChI=1S/C16H22N4/c1-11(2)20-10-18-19-16(20)9-17-15-7-6-13-5-4-12(3)8-14(13)15/h4-5,8,10-11,15,17H,6-7,9H2,1-3H3. The van der Waals surface area contributed by atoms with E-state index in [1.165, 1.54) is 29.5 Å². The van der Waals surface area contributed by atoms with Crippen LogP contribution in [0.3, 0.4) is 0 Å². The van der Waals surface area contributed by atoms with E-state index in [0.29, 0.717) is 12.1 Å². The Kier molecular flexibility index (Phi) is 3.57. The molecule has 0 aliphatic heterocycles. The third-order valence-corrected chi connectivity index (χ3v) is 4.09. The summed E-state index contributed by atoms with van der Waals surface area (Å²) in [6.45, 7) is 7.24. The maximum atomic E-state index is 4.22. The number of hydrogen-bond acceptors (Lipinski definition) is 3. The Morgan fingerprint density at radius 1 is 1.40 bits per heavy atom. The predicted octanol–water partition coefficient (Wildman–Crippen LogP) is 2.94. The lowest BCUT2D eigenvalue weighted by atomic mass is 10.1. The molecule has 3 rings (SSSR count). The fraction of sp³-hybridized carbons (Fsp3) is 0.500. The Balaban J connectivity index is 1.72. The molecule has 1 unspecified atom stereocenters. The summed E-state index contributed by atoms with van der Waals surface area (Å²) in [5.41, 5.74) is 4.28. The minimum Gasteiger partial charge on any atom is -0.314 e. The lowest BCUT2D eigenvalue weighted by molar-refractivity contribution is 0.487. The zero-order chi connectivity index (χ0) is 14.1. The van der Waals surface area contributed by atoms with E-state index >= 15 is 0 Å². The van der Waals surface area contributed by atoms with Crippen molar-refractivity contribution in [3.63, 3.8) is 0 Å². The Morgan fingerprint density at radius 2 is 2.25 bits per heavy atom. The number of aromatic nitrogens is 3. The second kappa shape index (κ2) is 5.37. The van der Waals surface area contributed by atoms with Crippen LogP contribution in [0.15, 0.2) is 24.5 Å². The molecule has 2 aromatic rings. The van der Waals surface area contributed by atoms with Gasteiger partial charge in [-0.2, -0.15) is 0 Å². The van der Waals surface area contributed by atoms with Crippen molar-refractivity contribution in [2.75, 3.05) is 0 Å². The summed E-state index contributed by atoms with van der Waals surface area (Å²) < 4.78 is 2.12. The van der Waals surface area contributed by atoms with Crippen LogP contribution >= 0.6 is 0 Å². The van der Waals surface area contributed by atoms with Gasteiger partial charge in [-0.25, -0.2) is 0 Å². The third-order valence-electron chi connectivity index (χ3n) is 4.09. The minimum absolute atomic E-state index is 0.403. The molecule has 0 fully saturated rings. The first kappa shape index (κ1) is 13.3. The number of benzene rings is 1. The summed E-state index contributed by atoms with van der Waals surface area (Å²) >= 11 is 0. The lowest BCUT2D eigenvalue weighted by Gasteiger charge is -2.16. The lowest BCUT2D eigenvalue weighted by Crippen LogP contribution is -2.21. The first-order valence-electron chi connectivity index (χ1n) is 7.36. The van der Waals surface area contributed by atoms with Crippen LogP contribution in [0.4, 0.5) is 0 Å². The van der Waals surface area contributed by atoms with E-state index in [2.05, 4.69) is 59.1 Å². The first-order chi connectivity index (χ1) is 9.65. The van der Waals surface area contributed by atoms with Crippen LogP contribution in [-0.4, -0.2) is 14.8 Å². The molecule has 0 bridgehead atoms. The van der Waals surface area contributed by atoms with Crippen molar-refractivity contribution < 1.29 is 0 Å². The zero-order valence-corrected chi connectivity index (χ0v) is 12.4. The maximum absolute atomic E-state index is 4.22. The number of fused-ring (bicyclic) bond motifs is 1. The van der Waals surface area contributed by atoms with Crippen molar-refractivity contribution in [2.45, 2.75) is 52.2 Å². The fourth-order valence-electron chi connectivity index (χ4n) is 2.97. The first-order valence-corrected chi connectivity index (χ1v) is 7.36. The maximum Gasteiger partial charge on any atom is 0.147 e. The summed E-state index contributed by atoms with van der Waals surface area (Å²) in [6, 6.07) is 7.63. The average Bonchev–Trinajstić information content (AvgIpc) is 3.02. The molecule has 0 spiro atoms. The van der Waals surface area contributed by atoms with Gasteiger partial charge >= 0.3 is 0 Å². The zero-order valence-electron chi connectivity index (χ0n) is 12.4. The number of nitrogens with zero attached hydrogens (tertiary/aromatic N) is 3. The Labute approximate surface area is 120 Å². The van der Waals surface area contributed by atoms with E-state index in [4.69, 9.17) is 0 Å². The highest BCUT2D eigenvalue weighted by molar-refractivity contribution is 5.37. The average molecular weight is 270 g/mol. The number of rotatable bonds is 4. The van der Waals surface area contributed by atoms with Gasteiger partial charge in [-0.15, -0.1) is 10.2 Å².